The number of rotatable bonds is 1. The minimum Gasteiger partial charge on any atom is -0.456 e. The van der Waals surface area contributed by atoms with E-state index in [1.165, 1.54) is 24.3 Å². The lowest BCUT2D eigenvalue weighted by Gasteiger charge is -2.35. The van der Waals surface area contributed by atoms with E-state index in [4.69, 9.17) is 4.74 Å². The summed E-state index contributed by atoms with van der Waals surface area (Å²) >= 11 is 0. The summed E-state index contributed by atoms with van der Waals surface area (Å²) in [7, 11) is 0. The molecule has 2 aliphatic heterocycles. The highest BCUT2D eigenvalue weighted by atomic mass is 19.1. The second kappa shape index (κ2) is 6.56. The highest BCUT2D eigenvalue weighted by molar-refractivity contribution is 6.00. The van der Waals surface area contributed by atoms with E-state index in [9.17, 15) is 8.78 Å². The molecule has 5 rings (SSSR count). The first kappa shape index (κ1) is 18.6. The second-order valence-corrected chi connectivity index (χ2v) is 8.39. The zero-order chi connectivity index (χ0) is 21.0. The number of ether oxygens (including phenoxy) is 1. The van der Waals surface area contributed by atoms with Gasteiger partial charge in [0.25, 0.3) is 0 Å². The smallest absolute Gasteiger partial charge is 0.136 e. The van der Waals surface area contributed by atoms with Crippen molar-refractivity contribution in [1.82, 2.24) is 0 Å². The van der Waals surface area contributed by atoms with E-state index in [1.54, 1.807) is 12.1 Å². The molecule has 150 valence electrons. The lowest BCUT2D eigenvalue weighted by Crippen LogP contribution is -2.32. The van der Waals surface area contributed by atoms with Crippen LogP contribution in [0.1, 0.15) is 37.5 Å². The van der Waals surface area contributed by atoms with Gasteiger partial charge in [0.05, 0.1) is 5.54 Å². The van der Waals surface area contributed by atoms with Crippen molar-refractivity contribution in [3.05, 3.63) is 89.0 Å². The maximum absolute atomic E-state index is 14.1. The number of allylic oxidation sites excluding steroid dienone is 1. The SMILES string of the molecule is CC1=CC(C)(C)Nc2ccc3c(c21)/C(=C/c1cccc(F)c1)Oc1ccc(F)cc1-3. The van der Waals surface area contributed by atoms with Crippen LogP contribution in [0.3, 0.4) is 0 Å². The van der Waals surface area contributed by atoms with Gasteiger partial charge in [-0.1, -0.05) is 24.3 Å². The van der Waals surface area contributed by atoms with Gasteiger partial charge in [-0.3, -0.25) is 0 Å². The van der Waals surface area contributed by atoms with E-state index in [2.05, 4.69) is 32.2 Å². The van der Waals surface area contributed by atoms with Crippen molar-refractivity contribution in [2.45, 2.75) is 26.3 Å². The van der Waals surface area contributed by atoms with Crippen LogP contribution in [0, 0.1) is 11.6 Å². The quantitative estimate of drug-likeness (QED) is 0.468. The first-order chi connectivity index (χ1) is 14.3. The minimum atomic E-state index is -0.315. The van der Waals surface area contributed by atoms with E-state index in [-0.39, 0.29) is 17.2 Å². The van der Waals surface area contributed by atoms with Crippen LogP contribution in [-0.2, 0) is 0 Å². The lowest BCUT2D eigenvalue weighted by atomic mass is 9.83. The van der Waals surface area contributed by atoms with Crippen LogP contribution < -0.4 is 10.1 Å². The zero-order valence-electron chi connectivity index (χ0n) is 17.0. The second-order valence-electron chi connectivity index (χ2n) is 8.39. The highest BCUT2D eigenvalue weighted by Gasteiger charge is 2.31. The van der Waals surface area contributed by atoms with Crippen LogP contribution >= 0.6 is 0 Å². The Balaban J connectivity index is 1.81. The molecule has 2 heterocycles. The molecule has 0 amide bonds. The highest BCUT2D eigenvalue weighted by Crippen LogP contribution is 2.49. The first-order valence-corrected chi connectivity index (χ1v) is 9.91. The number of benzene rings is 3. The summed E-state index contributed by atoms with van der Waals surface area (Å²) in [5.74, 6) is 0.570. The standard InChI is InChI=1S/C26H21F2NO/c1-15-14-26(2,3)29-21-9-8-19-20-13-18(28)7-10-22(20)30-23(25(19)24(15)21)12-16-5-4-6-17(27)11-16/h4-14,29H,1-3H3/b23-12-. The van der Waals surface area contributed by atoms with Crippen LogP contribution in [0.2, 0.25) is 0 Å². The van der Waals surface area contributed by atoms with Gasteiger partial charge in [-0.2, -0.15) is 0 Å². The molecule has 3 aromatic rings. The van der Waals surface area contributed by atoms with Gasteiger partial charge in [-0.05, 0) is 79.9 Å². The molecular formula is C26H21F2NO. The molecule has 0 unspecified atom stereocenters. The van der Waals surface area contributed by atoms with Crippen molar-refractivity contribution in [2.75, 3.05) is 5.32 Å². The summed E-state index contributed by atoms with van der Waals surface area (Å²) in [5.41, 5.74) is 6.12. The van der Waals surface area contributed by atoms with Crippen LogP contribution in [0.5, 0.6) is 5.75 Å². The molecule has 0 spiro atoms. The van der Waals surface area contributed by atoms with Gasteiger partial charge in [0.2, 0.25) is 0 Å². The summed E-state index contributed by atoms with van der Waals surface area (Å²) in [6.45, 7) is 6.30. The van der Waals surface area contributed by atoms with E-state index in [0.29, 0.717) is 22.6 Å². The Labute approximate surface area is 174 Å². The van der Waals surface area contributed by atoms with Gasteiger partial charge in [0.1, 0.15) is 23.1 Å². The van der Waals surface area contributed by atoms with Crippen molar-refractivity contribution in [3.8, 4) is 16.9 Å². The summed E-state index contributed by atoms with van der Waals surface area (Å²) in [5, 5.41) is 3.55. The molecule has 30 heavy (non-hydrogen) atoms. The molecule has 0 aromatic heterocycles. The molecular weight excluding hydrogens is 380 g/mol. The average Bonchev–Trinajstić information content (AvgIpc) is 2.67. The third-order valence-corrected chi connectivity index (χ3v) is 5.48. The van der Waals surface area contributed by atoms with E-state index in [0.717, 1.165) is 28.0 Å². The molecule has 0 aliphatic carbocycles. The van der Waals surface area contributed by atoms with Crippen LogP contribution in [-0.4, -0.2) is 5.54 Å². The zero-order valence-corrected chi connectivity index (χ0v) is 17.0. The molecule has 2 aliphatic rings. The minimum absolute atomic E-state index is 0.183. The van der Waals surface area contributed by atoms with E-state index >= 15 is 0 Å². The molecule has 1 N–H and O–H groups in total. The Bertz CT molecular complexity index is 1250. The fourth-order valence-electron chi connectivity index (χ4n) is 4.41. The number of fused-ring (bicyclic) bond motifs is 5. The van der Waals surface area contributed by atoms with Gasteiger partial charge < -0.3 is 10.1 Å². The van der Waals surface area contributed by atoms with Gasteiger partial charge >= 0.3 is 0 Å². The third kappa shape index (κ3) is 3.09. The first-order valence-electron chi connectivity index (χ1n) is 9.91. The van der Waals surface area contributed by atoms with Gasteiger partial charge in [-0.25, -0.2) is 8.78 Å². The van der Waals surface area contributed by atoms with E-state index < -0.39 is 0 Å². The van der Waals surface area contributed by atoms with Crippen molar-refractivity contribution in [1.29, 1.82) is 0 Å². The van der Waals surface area contributed by atoms with Crippen LogP contribution in [0.4, 0.5) is 14.5 Å². The number of anilines is 1. The Kier molecular flexibility index (Phi) is 4.07. The van der Waals surface area contributed by atoms with E-state index in [1.807, 2.05) is 24.3 Å². The largest absolute Gasteiger partial charge is 0.456 e. The van der Waals surface area contributed by atoms with Crippen molar-refractivity contribution >= 4 is 23.1 Å². The summed E-state index contributed by atoms with van der Waals surface area (Å²) in [4.78, 5) is 0. The van der Waals surface area contributed by atoms with Crippen LogP contribution in [0.25, 0.3) is 28.5 Å². The number of hydrogen-bond donors (Lipinski definition) is 1. The topological polar surface area (TPSA) is 21.3 Å². The normalized spacial score (nSPS) is 17.2. The van der Waals surface area contributed by atoms with Crippen molar-refractivity contribution in [3.63, 3.8) is 0 Å². The predicted molar refractivity (Wildman–Crippen MR) is 118 cm³/mol. The molecule has 0 bridgehead atoms. The molecule has 2 nitrogen and oxygen atoms in total. The van der Waals surface area contributed by atoms with Gasteiger partial charge in [-0.15, -0.1) is 0 Å². The maximum Gasteiger partial charge on any atom is 0.136 e. The molecule has 0 saturated heterocycles. The number of halogens is 2. The average molecular weight is 401 g/mol. The molecule has 0 atom stereocenters. The summed E-state index contributed by atoms with van der Waals surface area (Å²) in [6.07, 6.45) is 4.01. The molecule has 3 aromatic carbocycles. The Hall–Kier alpha value is -3.40. The Morgan fingerprint density at radius 2 is 1.70 bits per heavy atom. The molecule has 0 fully saturated rings. The summed E-state index contributed by atoms with van der Waals surface area (Å²) < 4.78 is 34.1. The number of hydrogen-bond acceptors (Lipinski definition) is 2. The molecule has 0 radical (unpaired) electrons. The Morgan fingerprint density at radius 1 is 0.900 bits per heavy atom. The molecule has 4 heteroatoms. The number of nitrogens with one attached hydrogen (secondary N) is 1. The maximum atomic E-state index is 14.1. The Morgan fingerprint density at radius 3 is 2.50 bits per heavy atom. The fraction of sp³-hybridized carbons (Fsp3) is 0.154. The fourth-order valence-corrected chi connectivity index (χ4v) is 4.41. The summed E-state index contributed by atoms with van der Waals surface area (Å²) in [6, 6.07) is 14.9. The van der Waals surface area contributed by atoms with Gasteiger partial charge in [0.15, 0.2) is 0 Å². The predicted octanol–water partition coefficient (Wildman–Crippen LogP) is 7.13. The lowest BCUT2D eigenvalue weighted by molar-refractivity contribution is 0.511. The third-order valence-electron chi connectivity index (χ3n) is 5.48. The monoisotopic (exact) mass is 401 g/mol. The van der Waals surface area contributed by atoms with Gasteiger partial charge in [0, 0.05) is 22.4 Å². The van der Waals surface area contributed by atoms with Crippen LogP contribution in [0.15, 0.2) is 60.7 Å². The van der Waals surface area contributed by atoms with Crippen molar-refractivity contribution in [2.24, 2.45) is 0 Å². The molecule has 0 saturated carbocycles. The van der Waals surface area contributed by atoms with Crippen molar-refractivity contribution < 1.29 is 13.5 Å².